The maximum absolute atomic E-state index is 12.5. The van der Waals surface area contributed by atoms with Crippen LogP contribution in [0.5, 0.6) is 5.75 Å². The van der Waals surface area contributed by atoms with Crippen molar-refractivity contribution in [2.24, 2.45) is 11.8 Å². The second-order valence-electron chi connectivity index (χ2n) is 7.04. The largest absolute Gasteiger partial charge is 0.497 e. The Balaban J connectivity index is 1.90. The number of ether oxygens (including phenoxy) is 1. The number of fused-ring (bicyclic) bond motifs is 1. The van der Waals surface area contributed by atoms with Gasteiger partial charge >= 0.3 is 0 Å². The van der Waals surface area contributed by atoms with Crippen molar-refractivity contribution in [1.29, 1.82) is 0 Å². The second kappa shape index (κ2) is 4.49. The summed E-state index contributed by atoms with van der Waals surface area (Å²) in [5.41, 5.74) is 2.78. The summed E-state index contributed by atoms with van der Waals surface area (Å²) in [6, 6.07) is 6.49. The lowest BCUT2D eigenvalue weighted by molar-refractivity contribution is -0.131. The summed E-state index contributed by atoms with van der Waals surface area (Å²) >= 11 is 0. The van der Waals surface area contributed by atoms with Crippen molar-refractivity contribution in [3.8, 4) is 5.75 Å². The number of hydrogen-bond donors (Lipinski definition) is 0. The lowest BCUT2D eigenvalue weighted by Crippen LogP contribution is -2.44. The van der Waals surface area contributed by atoms with Gasteiger partial charge in [-0.05, 0) is 60.8 Å². The minimum Gasteiger partial charge on any atom is -0.497 e. The average molecular weight is 285 g/mol. The molecule has 1 spiro atoms. The summed E-state index contributed by atoms with van der Waals surface area (Å²) < 4.78 is 5.40. The van der Waals surface area contributed by atoms with Crippen LogP contribution in [-0.4, -0.2) is 24.5 Å². The summed E-state index contributed by atoms with van der Waals surface area (Å²) in [5, 5.41) is 0. The molecule has 1 saturated carbocycles. The number of aryl methyl sites for hydroxylation is 1. The average Bonchev–Trinajstić information content (AvgIpc) is 2.84. The standard InChI is InChI=1S/C18H23NO2/c1-12-8-14-10-17(20)19-7-3-4-13-9-15(21-2)5-6-16(13)18(14,19)11-12/h5-6,9,12,14H,3-4,7-8,10-11H2,1-2H3/t12-,14?,18-/m1/s1. The molecular formula is C18H23NO2. The van der Waals surface area contributed by atoms with E-state index in [-0.39, 0.29) is 5.54 Å². The molecule has 1 unspecified atom stereocenters. The molecule has 2 fully saturated rings. The lowest BCUT2D eigenvalue weighted by atomic mass is 9.79. The van der Waals surface area contributed by atoms with Crippen molar-refractivity contribution in [2.75, 3.05) is 13.7 Å². The van der Waals surface area contributed by atoms with E-state index in [4.69, 9.17) is 4.74 Å². The first-order valence-corrected chi connectivity index (χ1v) is 8.13. The summed E-state index contributed by atoms with van der Waals surface area (Å²) in [7, 11) is 1.72. The van der Waals surface area contributed by atoms with Gasteiger partial charge in [0, 0.05) is 13.0 Å². The molecule has 3 atom stereocenters. The van der Waals surface area contributed by atoms with E-state index in [1.807, 2.05) is 0 Å². The molecule has 1 saturated heterocycles. The van der Waals surface area contributed by atoms with Gasteiger partial charge in [0.05, 0.1) is 12.6 Å². The third-order valence-electron chi connectivity index (χ3n) is 5.83. The van der Waals surface area contributed by atoms with Gasteiger partial charge in [-0.15, -0.1) is 0 Å². The van der Waals surface area contributed by atoms with Crippen LogP contribution in [-0.2, 0) is 16.8 Å². The summed E-state index contributed by atoms with van der Waals surface area (Å²) in [5.74, 6) is 2.52. The fraction of sp³-hybridized carbons (Fsp3) is 0.611. The highest BCUT2D eigenvalue weighted by atomic mass is 16.5. The number of benzene rings is 1. The maximum atomic E-state index is 12.5. The Kier molecular flexibility index (Phi) is 2.82. The Bertz CT molecular complexity index is 597. The fourth-order valence-corrected chi connectivity index (χ4v) is 5.14. The zero-order chi connectivity index (χ0) is 14.6. The minimum atomic E-state index is -0.0192. The second-order valence-corrected chi connectivity index (χ2v) is 7.04. The van der Waals surface area contributed by atoms with Crippen LogP contribution in [0.4, 0.5) is 0 Å². The number of hydrogen-bond acceptors (Lipinski definition) is 2. The summed E-state index contributed by atoms with van der Waals surface area (Å²) in [6.07, 6.45) is 5.18. The molecule has 1 aliphatic carbocycles. The number of carbonyl (C=O) groups excluding carboxylic acids is 1. The molecule has 3 nitrogen and oxygen atoms in total. The van der Waals surface area contributed by atoms with Crippen LogP contribution < -0.4 is 4.74 Å². The van der Waals surface area contributed by atoms with Gasteiger partial charge in [-0.25, -0.2) is 0 Å². The molecule has 112 valence electrons. The van der Waals surface area contributed by atoms with E-state index >= 15 is 0 Å². The van der Waals surface area contributed by atoms with Gasteiger partial charge in [0.15, 0.2) is 0 Å². The van der Waals surface area contributed by atoms with Crippen molar-refractivity contribution in [1.82, 2.24) is 4.90 Å². The van der Waals surface area contributed by atoms with Gasteiger partial charge in [0.25, 0.3) is 0 Å². The summed E-state index contributed by atoms with van der Waals surface area (Å²) in [6.45, 7) is 3.25. The molecule has 0 bridgehead atoms. The molecule has 2 heterocycles. The van der Waals surface area contributed by atoms with Gasteiger partial charge in [-0.2, -0.15) is 0 Å². The zero-order valence-corrected chi connectivity index (χ0v) is 12.9. The van der Waals surface area contributed by atoms with E-state index in [9.17, 15) is 4.79 Å². The molecule has 0 aromatic heterocycles. The van der Waals surface area contributed by atoms with Crippen molar-refractivity contribution in [3.63, 3.8) is 0 Å². The van der Waals surface area contributed by atoms with E-state index in [1.54, 1.807) is 7.11 Å². The summed E-state index contributed by atoms with van der Waals surface area (Å²) in [4.78, 5) is 14.7. The first kappa shape index (κ1) is 13.2. The van der Waals surface area contributed by atoms with Crippen molar-refractivity contribution < 1.29 is 9.53 Å². The predicted molar refractivity (Wildman–Crippen MR) is 81.2 cm³/mol. The van der Waals surface area contributed by atoms with Crippen LogP contribution in [0.2, 0.25) is 0 Å². The molecule has 4 rings (SSSR count). The topological polar surface area (TPSA) is 29.5 Å². The Morgan fingerprint density at radius 2 is 2.24 bits per heavy atom. The molecule has 2 aliphatic heterocycles. The molecule has 1 aromatic rings. The minimum absolute atomic E-state index is 0.0192. The number of carbonyl (C=O) groups is 1. The van der Waals surface area contributed by atoms with Crippen LogP contribution >= 0.6 is 0 Å². The van der Waals surface area contributed by atoms with Crippen LogP contribution in [0.25, 0.3) is 0 Å². The van der Waals surface area contributed by atoms with Gasteiger partial charge in [0.1, 0.15) is 5.75 Å². The fourth-order valence-electron chi connectivity index (χ4n) is 5.14. The molecule has 0 N–H and O–H groups in total. The van der Waals surface area contributed by atoms with E-state index < -0.39 is 0 Å². The highest BCUT2D eigenvalue weighted by molar-refractivity contribution is 5.81. The maximum Gasteiger partial charge on any atom is 0.223 e. The zero-order valence-electron chi connectivity index (χ0n) is 12.9. The first-order valence-electron chi connectivity index (χ1n) is 8.13. The number of nitrogens with zero attached hydrogens (tertiary/aromatic N) is 1. The molecule has 21 heavy (non-hydrogen) atoms. The third kappa shape index (κ3) is 1.69. The Morgan fingerprint density at radius 3 is 3.05 bits per heavy atom. The predicted octanol–water partition coefficient (Wildman–Crippen LogP) is 3.12. The lowest BCUT2D eigenvalue weighted by Gasteiger charge is -2.39. The van der Waals surface area contributed by atoms with E-state index in [2.05, 4.69) is 30.0 Å². The highest BCUT2D eigenvalue weighted by Crippen LogP contribution is 2.57. The number of rotatable bonds is 1. The van der Waals surface area contributed by atoms with Crippen LogP contribution in [0.15, 0.2) is 18.2 Å². The van der Waals surface area contributed by atoms with Crippen molar-refractivity contribution in [3.05, 3.63) is 29.3 Å². The van der Waals surface area contributed by atoms with Crippen LogP contribution in [0, 0.1) is 11.8 Å². The molecular weight excluding hydrogens is 262 g/mol. The Morgan fingerprint density at radius 1 is 1.38 bits per heavy atom. The first-order chi connectivity index (χ1) is 10.1. The van der Waals surface area contributed by atoms with Crippen molar-refractivity contribution in [2.45, 2.75) is 44.6 Å². The van der Waals surface area contributed by atoms with Crippen LogP contribution in [0.3, 0.4) is 0 Å². The highest BCUT2D eigenvalue weighted by Gasteiger charge is 2.58. The molecule has 0 radical (unpaired) electrons. The molecule has 3 aliphatic rings. The smallest absolute Gasteiger partial charge is 0.223 e. The van der Waals surface area contributed by atoms with Gasteiger partial charge < -0.3 is 9.64 Å². The molecule has 1 amide bonds. The van der Waals surface area contributed by atoms with E-state index in [0.29, 0.717) is 17.7 Å². The van der Waals surface area contributed by atoms with E-state index in [1.165, 1.54) is 17.5 Å². The van der Waals surface area contributed by atoms with Crippen molar-refractivity contribution >= 4 is 5.91 Å². The van der Waals surface area contributed by atoms with Gasteiger partial charge in [-0.1, -0.05) is 13.0 Å². The quantitative estimate of drug-likeness (QED) is 0.793. The van der Waals surface area contributed by atoms with Gasteiger partial charge in [-0.3, -0.25) is 4.79 Å². The molecule has 3 heteroatoms. The van der Waals surface area contributed by atoms with E-state index in [0.717, 1.165) is 38.0 Å². The normalized spacial score (nSPS) is 34.2. The van der Waals surface area contributed by atoms with Gasteiger partial charge in [0.2, 0.25) is 5.91 Å². The Hall–Kier alpha value is -1.51. The SMILES string of the molecule is COc1ccc2c(c1)CCCN1C(=O)CC3C[C@@H](C)C[C@]231. The Labute approximate surface area is 126 Å². The van der Waals surface area contributed by atoms with Crippen LogP contribution in [0.1, 0.15) is 43.7 Å². The number of methoxy groups -OCH3 is 1. The molecule has 1 aromatic carbocycles. The monoisotopic (exact) mass is 285 g/mol. The number of amides is 1. The third-order valence-corrected chi connectivity index (χ3v) is 5.83.